The lowest BCUT2D eigenvalue weighted by Crippen LogP contribution is -2.42. The van der Waals surface area contributed by atoms with Gasteiger partial charge in [0.2, 0.25) is 0 Å². The summed E-state index contributed by atoms with van der Waals surface area (Å²) in [7, 11) is 0. The van der Waals surface area contributed by atoms with E-state index in [1.54, 1.807) is 42.5 Å². The number of alkyl halides is 3. The third-order valence-electron chi connectivity index (χ3n) is 5.67. The van der Waals surface area contributed by atoms with Gasteiger partial charge in [-0.05, 0) is 68.8 Å². The van der Waals surface area contributed by atoms with Crippen LogP contribution < -0.4 is 15.5 Å². The van der Waals surface area contributed by atoms with E-state index in [0.29, 0.717) is 47.0 Å². The molecule has 1 aromatic heterocycles. The summed E-state index contributed by atoms with van der Waals surface area (Å²) in [5.41, 5.74) is 1.51. The molecule has 1 aliphatic heterocycles. The van der Waals surface area contributed by atoms with Gasteiger partial charge in [-0.25, -0.2) is 9.78 Å². The van der Waals surface area contributed by atoms with Crippen molar-refractivity contribution in [2.45, 2.75) is 32.5 Å². The van der Waals surface area contributed by atoms with Gasteiger partial charge in [-0.3, -0.25) is 9.69 Å². The molecule has 0 spiro atoms. The summed E-state index contributed by atoms with van der Waals surface area (Å²) in [6, 6.07) is 14.2. The van der Waals surface area contributed by atoms with Gasteiger partial charge in [0.25, 0.3) is 0 Å². The van der Waals surface area contributed by atoms with E-state index >= 15 is 0 Å². The van der Waals surface area contributed by atoms with Crippen molar-refractivity contribution in [3.63, 3.8) is 0 Å². The molecule has 0 unspecified atom stereocenters. The molecular weight excluding hydrogens is 445 g/mol. The van der Waals surface area contributed by atoms with Crippen LogP contribution in [0.15, 0.2) is 60.7 Å². The molecule has 0 fully saturated rings. The summed E-state index contributed by atoms with van der Waals surface area (Å²) in [5, 5.41) is 6.06. The number of hydrogen-bond acceptors (Lipinski definition) is 4. The van der Waals surface area contributed by atoms with Crippen molar-refractivity contribution in [2.24, 2.45) is 0 Å². The third kappa shape index (κ3) is 4.88. The van der Waals surface area contributed by atoms with Crippen molar-refractivity contribution in [2.75, 3.05) is 22.1 Å². The number of halogens is 3. The molecule has 1 aliphatic rings. The van der Waals surface area contributed by atoms with Gasteiger partial charge in [-0.1, -0.05) is 12.1 Å². The second-order valence-electron chi connectivity index (χ2n) is 8.14. The maximum Gasteiger partial charge on any atom is 0.416 e. The number of pyridine rings is 1. The zero-order valence-electron chi connectivity index (χ0n) is 18.6. The number of nitrogens with one attached hydrogen (secondary N) is 2. The van der Waals surface area contributed by atoms with Crippen molar-refractivity contribution >= 4 is 29.0 Å². The number of ketones is 1. The second-order valence-corrected chi connectivity index (χ2v) is 8.14. The maximum atomic E-state index is 13.3. The Balaban J connectivity index is 1.69. The summed E-state index contributed by atoms with van der Waals surface area (Å²) in [4.78, 5) is 30.9. The standard InChI is InChI=1S/C25H23F3N4O2/c1-15-12-13-29-22-11-10-21(18-4-3-5-19(14-18)25(26,27)28)31-23(22)32(15)24(34)30-20-8-6-17(7-9-20)16(2)33/h3-11,14-15,29H,12-13H2,1-2H3,(H,30,34)/t15-/m1/s1. The molecule has 0 saturated carbocycles. The topological polar surface area (TPSA) is 74.3 Å². The lowest BCUT2D eigenvalue weighted by atomic mass is 10.1. The van der Waals surface area contributed by atoms with Crippen LogP contribution in [0.25, 0.3) is 11.3 Å². The number of Topliss-reactive ketones (excluding diaryl/α,β-unsaturated/α-hetero) is 1. The van der Waals surface area contributed by atoms with Gasteiger partial charge >= 0.3 is 12.2 Å². The van der Waals surface area contributed by atoms with E-state index in [4.69, 9.17) is 0 Å². The minimum atomic E-state index is -4.47. The summed E-state index contributed by atoms with van der Waals surface area (Å²) in [5.74, 6) is 0.253. The fourth-order valence-corrected chi connectivity index (χ4v) is 3.81. The normalized spacial score (nSPS) is 15.7. The predicted molar refractivity (Wildman–Crippen MR) is 125 cm³/mol. The molecule has 4 rings (SSSR count). The van der Waals surface area contributed by atoms with Gasteiger partial charge in [0.05, 0.1) is 16.9 Å². The number of carbonyl (C=O) groups is 2. The fraction of sp³-hybridized carbons (Fsp3) is 0.240. The van der Waals surface area contributed by atoms with Crippen LogP contribution in [0.5, 0.6) is 0 Å². The first kappa shape index (κ1) is 23.3. The fourth-order valence-electron chi connectivity index (χ4n) is 3.81. The number of aromatic nitrogens is 1. The van der Waals surface area contributed by atoms with E-state index in [0.717, 1.165) is 12.1 Å². The molecule has 34 heavy (non-hydrogen) atoms. The van der Waals surface area contributed by atoms with Crippen LogP contribution in [0.3, 0.4) is 0 Å². The first-order chi connectivity index (χ1) is 16.1. The molecule has 0 aliphatic carbocycles. The van der Waals surface area contributed by atoms with Crippen LogP contribution in [0.1, 0.15) is 36.2 Å². The molecular formula is C25H23F3N4O2. The molecule has 2 heterocycles. The highest BCUT2D eigenvalue weighted by Crippen LogP contribution is 2.35. The number of rotatable bonds is 3. The lowest BCUT2D eigenvalue weighted by molar-refractivity contribution is -0.137. The Labute approximate surface area is 194 Å². The van der Waals surface area contributed by atoms with Crippen LogP contribution in [-0.4, -0.2) is 29.4 Å². The molecule has 9 heteroatoms. The molecule has 0 bridgehead atoms. The van der Waals surface area contributed by atoms with Crippen LogP contribution in [0, 0.1) is 0 Å². The third-order valence-corrected chi connectivity index (χ3v) is 5.67. The number of anilines is 3. The SMILES string of the molecule is CC(=O)c1ccc(NC(=O)N2c3nc(-c4cccc(C(F)(F)F)c4)ccc3NCC[C@H]2C)cc1. The van der Waals surface area contributed by atoms with Gasteiger partial charge in [0.1, 0.15) is 0 Å². The van der Waals surface area contributed by atoms with Crippen LogP contribution >= 0.6 is 0 Å². The number of urea groups is 1. The van der Waals surface area contributed by atoms with Crippen molar-refractivity contribution in [3.05, 3.63) is 71.8 Å². The van der Waals surface area contributed by atoms with Crippen LogP contribution in [0.2, 0.25) is 0 Å². The molecule has 0 radical (unpaired) electrons. The number of amides is 2. The van der Waals surface area contributed by atoms with Gasteiger partial charge in [0, 0.05) is 29.4 Å². The minimum Gasteiger partial charge on any atom is -0.382 e. The predicted octanol–water partition coefficient (Wildman–Crippen LogP) is 6.21. The van der Waals surface area contributed by atoms with E-state index in [2.05, 4.69) is 15.6 Å². The largest absolute Gasteiger partial charge is 0.416 e. The Morgan fingerprint density at radius 2 is 1.82 bits per heavy atom. The van der Waals surface area contributed by atoms with E-state index in [-0.39, 0.29) is 11.8 Å². The van der Waals surface area contributed by atoms with Crippen molar-refractivity contribution in [1.29, 1.82) is 0 Å². The average Bonchev–Trinajstić information content (AvgIpc) is 2.96. The molecule has 0 saturated heterocycles. The molecule has 2 N–H and O–H groups in total. The number of fused-ring (bicyclic) bond motifs is 1. The molecule has 1 atom stereocenters. The Bertz CT molecular complexity index is 1230. The first-order valence-corrected chi connectivity index (χ1v) is 10.8. The monoisotopic (exact) mass is 468 g/mol. The minimum absolute atomic E-state index is 0.0784. The Hall–Kier alpha value is -3.88. The zero-order valence-corrected chi connectivity index (χ0v) is 18.6. The van der Waals surface area contributed by atoms with Gasteiger partial charge in [-0.15, -0.1) is 0 Å². The maximum absolute atomic E-state index is 13.3. The summed E-state index contributed by atoms with van der Waals surface area (Å²) < 4.78 is 39.6. The van der Waals surface area contributed by atoms with E-state index < -0.39 is 17.8 Å². The van der Waals surface area contributed by atoms with Gasteiger partial charge < -0.3 is 10.6 Å². The smallest absolute Gasteiger partial charge is 0.382 e. The first-order valence-electron chi connectivity index (χ1n) is 10.8. The highest BCUT2D eigenvalue weighted by molar-refractivity contribution is 6.04. The number of nitrogens with zero attached hydrogens (tertiary/aromatic N) is 2. The van der Waals surface area contributed by atoms with Crippen molar-refractivity contribution in [3.8, 4) is 11.3 Å². The molecule has 3 aromatic rings. The van der Waals surface area contributed by atoms with Crippen LogP contribution in [0.4, 0.5) is 35.2 Å². The Morgan fingerprint density at radius 1 is 1.09 bits per heavy atom. The average molecular weight is 468 g/mol. The Morgan fingerprint density at radius 3 is 2.50 bits per heavy atom. The molecule has 2 amide bonds. The zero-order chi connectivity index (χ0) is 24.5. The Kier molecular flexibility index (Phi) is 6.28. The molecule has 6 nitrogen and oxygen atoms in total. The van der Waals surface area contributed by atoms with Crippen molar-refractivity contribution < 1.29 is 22.8 Å². The second kappa shape index (κ2) is 9.17. The highest BCUT2D eigenvalue weighted by atomic mass is 19.4. The number of hydrogen-bond donors (Lipinski definition) is 2. The van der Waals surface area contributed by atoms with Gasteiger partial charge in [-0.2, -0.15) is 13.2 Å². The summed E-state index contributed by atoms with van der Waals surface area (Å²) >= 11 is 0. The van der Waals surface area contributed by atoms with Crippen molar-refractivity contribution in [1.82, 2.24) is 4.98 Å². The summed E-state index contributed by atoms with van der Waals surface area (Å²) in [6.45, 7) is 3.95. The lowest BCUT2D eigenvalue weighted by Gasteiger charge is -2.27. The van der Waals surface area contributed by atoms with E-state index in [9.17, 15) is 22.8 Å². The van der Waals surface area contributed by atoms with E-state index in [1.165, 1.54) is 17.9 Å². The van der Waals surface area contributed by atoms with Gasteiger partial charge in [0.15, 0.2) is 11.6 Å². The van der Waals surface area contributed by atoms with Crippen LogP contribution in [-0.2, 0) is 6.18 Å². The summed E-state index contributed by atoms with van der Waals surface area (Å²) in [6.07, 6.45) is -3.83. The van der Waals surface area contributed by atoms with E-state index in [1.807, 2.05) is 6.92 Å². The quantitative estimate of drug-likeness (QED) is 0.448. The number of benzene rings is 2. The molecule has 176 valence electrons. The highest BCUT2D eigenvalue weighted by Gasteiger charge is 2.31. The number of carbonyl (C=O) groups excluding carboxylic acids is 2. The molecule has 2 aromatic carbocycles.